The van der Waals surface area contributed by atoms with Crippen LogP contribution in [-0.2, 0) is 11.2 Å². The van der Waals surface area contributed by atoms with Crippen molar-refractivity contribution in [2.24, 2.45) is 0 Å². The number of aromatic nitrogens is 4. The molecule has 0 radical (unpaired) electrons. The lowest BCUT2D eigenvalue weighted by Gasteiger charge is -2.35. The largest absolute Gasteiger partial charge is 0.369 e. The van der Waals surface area contributed by atoms with Crippen molar-refractivity contribution < 1.29 is 9.53 Å². The number of rotatable bonds is 2. The van der Waals surface area contributed by atoms with Gasteiger partial charge in [-0.05, 0) is 19.9 Å². The first-order valence-electron chi connectivity index (χ1n) is 8.67. The van der Waals surface area contributed by atoms with E-state index in [2.05, 4.69) is 25.3 Å². The van der Waals surface area contributed by atoms with E-state index in [0.717, 1.165) is 36.5 Å². The molecule has 2 aromatic rings. The summed E-state index contributed by atoms with van der Waals surface area (Å²) in [6, 6.07) is 1.94. The number of aromatic amines is 1. The van der Waals surface area contributed by atoms with E-state index in [0.29, 0.717) is 18.8 Å². The molecule has 0 bridgehead atoms. The van der Waals surface area contributed by atoms with E-state index in [4.69, 9.17) is 4.74 Å². The van der Waals surface area contributed by atoms with Gasteiger partial charge in [0.2, 0.25) is 0 Å². The van der Waals surface area contributed by atoms with Crippen molar-refractivity contribution in [3.8, 4) is 0 Å². The van der Waals surface area contributed by atoms with Gasteiger partial charge in [-0.2, -0.15) is 15.3 Å². The lowest BCUT2D eigenvalue weighted by Crippen LogP contribution is -2.49. The molecule has 0 aromatic carbocycles. The number of nitrogens with one attached hydrogen (secondary N) is 1. The van der Waals surface area contributed by atoms with E-state index in [-0.39, 0.29) is 18.1 Å². The second kappa shape index (κ2) is 6.44. The molecule has 25 heavy (non-hydrogen) atoms. The van der Waals surface area contributed by atoms with Crippen molar-refractivity contribution in [2.45, 2.75) is 32.5 Å². The van der Waals surface area contributed by atoms with E-state index in [1.54, 1.807) is 12.4 Å². The standard InChI is InChI=1S/C17H22N6O2/c1-11-9-14-15(12(2)25-11)20-21-16(14)17(24)23-7-5-22(6-8-23)13-3-4-18-19-10-13/h3-4,10-12H,5-9H2,1-2H3,(H,20,21)/t11-,12+/m1/s1. The topological polar surface area (TPSA) is 87.2 Å². The Hall–Kier alpha value is -2.48. The van der Waals surface area contributed by atoms with Crippen molar-refractivity contribution >= 4 is 11.6 Å². The molecule has 4 heterocycles. The average Bonchev–Trinajstić information content (AvgIpc) is 3.06. The summed E-state index contributed by atoms with van der Waals surface area (Å²) < 4.78 is 5.80. The maximum Gasteiger partial charge on any atom is 0.274 e. The van der Waals surface area contributed by atoms with E-state index in [1.807, 2.05) is 24.8 Å². The zero-order valence-electron chi connectivity index (χ0n) is 14.5. The van der Waals surface area contributed by atoms with Crippen molar-refractivity contribution in [3.05, 3.63) is 35.4 Å². The molecule has 4 rings (SSSR count). The van der Waals surface area contributed by atoms with Crippen LogP contribution in [0.3, 0.4) is 0 Å². The average molecular weight is 342 g/mol. The van der Waals surface area contributed by atoms with Gasteiger partial charge in [0, 0.05) is 38.2 Å². The van der Waals surface area contributed by atoms with E-state index >= 15 is 0 Å². The molecular weight excluding hydrogens is 320 g/mol. The summed E-state index contributed by atoms with van der Waals surface area (Å²) in [5.74, 6) is 0.00584. The highest BCUT2D eigenvalue weighted by molar-refractivity contribution is 5.94. The lowest BCUT2D eigenvalue weighted by molar-refractivity contribution is -0.00702. The fourth-order valence-corrected chi connectivity index (χ4v) is 3.64. The molecular formula is C17H22N6O2. The molecule has 0 unspecified atom stereocenters. The number of nitrogens with zero attached hydrogens (tertiary/aromatic N) is 5. The molecule has 1 amide bonds. The van der Waals surface area contributed by atoms with Gasteiger partial charge < -0.3 is 14.5 Å². The number of carbonyl (C=O) groups excluding carboxylic acids is 1. The molecule has 1 saturated heterocycles. The second-order valence-electron chi connectivity index (χ2n) is 6.64. The van der Waals surface area contributed by atoms with Crippen LogP contribution in [0.25, 0.3) is 0 Å². The summed E-state index contributed by atoms with van der Waals surface area (Å²) in [6.07, 6.45) is 4.21. The zero-order chi connectivity index (χ0) is 17.4. The third-order valence-corrected chi connectivity index (χ3v) is 4.94. The molecule has 2 aliphatic rings. The normalized spacial score (nSPS) is 23.4. The van der Waals surface area contributed by atoms with Crippen LogP contribution < -0.4 is 4.90 Å². The van der Waals surface area contributed by atoms with Crippen molar-refractivity contribution in [2.75, 3.05) is 31.1 Å². The first kappa shape index (κ1) is 16.0. The van der Waals surface area contributed by atoms with Crippen molar-refractivity contribution in [1.82, 2.24) is 25.3 Å². The van der Waals surface area contributed by atoms with E-state index in [1.165, 1.54) is 0 Å². The number of anilines is 1. The van der Waals surface area contributed by atoms with Crippen molar-refractivity contribution in [1.29, 1.82) is 0 Å². The van der Waals surface area contributed by atoms with Crippen LogP contribution in [0.4, 0.5) is 5.69 Å². The quantitative estimate of drug-likeness (QED) is 0.882. The molecule has 2 aromatic heterocycles. The maximum absolute atomic E-state index is 13.0. The zero-order valence-corrected chi connectivity index (χ0v) is 14.5. The van der Waals surface area contributed by atoms with Gasteiger partial charge in [-0.15, -0.1) is 0 Å². The smallest absolute Gasteiger partial charge is 0.274 e. The molecule has 8 heteroatoms. The first-order chi connectivity index (χ1) is 12.1. The third kappa shape index (κ3) is 2.97. The predicted octanol–water partition coefficient (Wildman–Crippen LogP) is 1.18. The van der Waals surface area contributed by atoms with Crippen LogP contribution in [0.2, 0.25) is 0 Å². The number of H-pyrrole nitrogens is 1. The minimum absolute atomic E-state index is 0.00584. The van der Waals surface area contributed by atoms with Crippen LogP contribution in [0.5, 0.6) is 0 Å². The van der Waals surface area contributed by atoms with Gasteiger partial charge in [-0.25, -0.2) is 0 Å². The monoisotopic (exact) mass is 342 g/mol. The number of amides is 1. The van der Waals surface area contributed by atoms with Crippen LogP contribution in [0.15, 0.2) is 18.5 Å². The fourth-order valence-electron chi connectivity index (χ4n) is 3.64. The van der Waals surface area contributed by atoms with Crippen LogP contribution >= 0.6 is 0 Å². The number of ether oxygens (including phenoxy) is 1. The molecule has 8 nitrogen and oxygen atoms in total. The third-order valence-electron chi connectivity index (χ3n) is 4.94. The molecule has 2 atom stereocenters. The number of fused-ring (bicyclic) bond motifs is 1. The van der Waals surface area contributed by atoms with Crippen molar-refractivity contribution in [3.63, 3.8) is 0 Å². The highest BCUT2D eigenvalue weighted by Crippen LogP contribution is 2.30. The lowest BCUT2D eigenvalue weighted by atomic mass is 9.99. The first-order valence-corrected chi connectivity index (χ1v) is 8.67. The maximum atomic E-state index is 13.0. The summed E-state index contributed by atoms with van der Waals surface area (Å²) in [5.41, 5.74) is 3.54. The van der Waals surface area contributed by atoms with E-state index in [9.17, 15) is 4.79 Å². The molecule has 0 saturated carbocycles. The summed E-state index contributed by atoms with van der Waals surface area (Å²) in [7, 11) is 0. The Labute approximate surface area is 146 Å². The number of hydrogen-bond acceptors (Lipinski definition) is 6. The van der Waals surface area contributed by atoms with Crippen LogP contribution in [0, 0.1) is 0 Å². The number of carbonyl (C=O) groups is 1. The van der Waals surface area contributed by atoms with Crippen LogP contribution in [0.1, 0.15) is 41.7 Å². The minimum atomic E-state index is -0.0520. The van der Waals surface area contributed by atoms with Gasteiger partial charge in [0.15, 0.2) is 5.69 Å². The SMILES string of the molecule is C[C@@H]1Cc2c(C(=O)N3CCN(c4ccnnc4)CC3)n[nH]c2[C@H](C)O1. The number of piperazine rings is 1. The molecule has 0 aliphatic carbocycles. The minimum Gasteiger partial charge on any atom is -0.369 e. The van der Waals surface area contributed by atoms with Gasteiger partial charge in [-0.3, -0.25) is 9.89 Å². The molecule has 1 N–H and O–H groups in total. The molecule has 1 fully saturated rings. The molecule has 0 spiro atoms. The van der Waals surface area contributed by atoms with Gasteiger partial charge in [-0.1, -0.05) is 0 Å². The Morgan fingerprint density at radius 1 is 1.24 bits per heavy atom. The summed E-state index contributed by atoms with van der Waals surface area (Å²) >= 11 is 0. The highest BCUT2D eigenvalue weighted by Gasteiger charge is 2.32. The second-order valence-corrected chi connectivity index (χ2v) is 6.64. The Balaban J connectivity index is 1.47. The summed E-state index contributed by atoms with van der Waals surface area (Å²) in [4.78, 5) is 17.1. The van der Waals surface area contributed by atoms with E-state index < -0.39 is 0 Å². The van der Waals surface area contributed by atoms with Gasteiger partial charge >= 0.3 is 0 Å². The van der Waals surface area contributed by atoms with Gasteiger partial charge in [0.25, 0.3) is 5.91 Å². The predicted molar refractivity (Wildman–Crippen MR) is 91.4 cm³/mol. The summed E-state index contributed by atoms with van der Waals surface area (Å²) in [6.45, 7) is 6.92. The fraction of sp³-hybridized carbons (Fsp3) is 0.529. The molecule has 132 valence electrons. The highest BCUT2D eigenvalue weighted by atomic mass is 16.5. The van der Waals surface area contributed by atoms with Crippen LogP contribution in [-0.4, -0.2) is 63.5 Å². The number of hydrogen-bond donors (Lipinski definition) is 1. The Kier molecular flexibility index (Phi) is 4.12. The Morgan fingerprint density at radius 2 is 2.04 bits per heavy atom. The summed E-state index contributed by atoms with van der Waals surface area (Å²) in [5, 5.41) is 15.0. The Morgan fingerprint density at radius 3 is 2.76 bits per heavy atom. The Bertz CT molecular complexity index is 754. The van der Waals surface area contributed by atoms with Gasteiger partial charge in [0.1, 0.15) is 0 Å². The molecule has 2 aliphatic heterocycles. The van der Waals surface area contributed by atoms with Gasteiger partial charge in [0.05, 0.1) is 36.0 Å².